The van der Waals surface area contributed by atoms with Gasteiger partial charge in [0.2, 0.25) is 0 Å². The predicted octanol–water partition coefficient (Wildman–Crippen LogP) is 2.97. The fraction of sp³-hybridized carbons (Fsp3) is 0.538. The van der Waals surface area contributed by atoms with Crippen molar-refractivity contribution in [3.8, 4) is 0 Å². The number of hydrogen-bond donors (Lipinski definition) is 1. The molecule has 2 N–H and O–H groups in total. The number of hydrogen-bond acceptors (Lipinski definition) is 2. The first-order chi connectivity index (χ1) is 7.31. The molecule has 1 saturated heterocycles. The van der Waals surface area contributed by atoms with Crippen molar-refractivity contribution in [3.05, 3.63) is 35.4 Å². The van der Waals surface area contributed by atoms with E-state index in [2.05, 4.69) is 31.2 Å². The zero-order valence-electron chi connectivity index (χ0n) is 9.28. The van der Waals surface area contributed by atoms with Crippen LogP contribution < -0.4 is 5.73 Å². The molecule has 82 valence electrons. The Morgan fingerprint density at radius 1 is 1.47 bits per heavy atom. The first-order valence-corrected chi connectivity index (χ1v) is 6.84. The van der Waals surface area contributed by atoms with Gasteiger partial charge in [-0.2, -0.15) is 11.8 Å². The van der Waals surface area contributed by atoms with Crippen LogP contribution in [0.3, 0.4) is 0 Å². The van der Waals surface area contributed by atoms with Crippen LogP contribution in [0.15, 0.2) is 24.3 Å². The first kappa shape index (κ1) is 11.0. The molecular weight excluding hydrogens is 202 g/mol. The third-order valence-corrected chi connectivity index (χ3v) is 4.47. The molecule has 1 fully saturated rings. The molecule has 0 radical (unpaired) electrons. The van der Waals surface area contributed by atoms with E-state index in [4.69, 9.17) is 5.73 Å². The van der Waals surface area contributed by atoms with Crippen LogP contribution in [-0.2, 0) is 0 Å². The molecule has 1 atom stereocenters. The number of benzene rings is 1. The quantitative estimate of drug-likeness (QED) is 0.846. The van der Waals surface area contributed by atoms with Crippen LogP contribution in [0.25, 0.3) is 0 Å². The molecule has 1 aliphatic heterocycles. The molecule has 2 heteroatoms. The van der Waals surface area contributed by atoms with Crippen LogP contribution in [0, 0.1) is 0 Å². The van der Waals surface area contributed by atoms with Crippen LogP contribution in [0.5, 0.6) is 0 Å². The number of rotatable bonds is 4. The van der Waals surface area contributed by atoms with Crippen molar-refractivity contribution >= 4 is 11.8 Å². The van der Waals surface area contributed by atoms with Crippen molar-refractivity contribution in [1.29, 1.82) is 0 Å². The summed E-state index contributed by atoms with van der Waals surface area (Å²) in [6.45, 7) is 3.05. The molecule has 0 bridgehead atoms. The van der Waals surface area contributed by atoms with Crippen LogP contribution in [0.2, 0.25) is 0 Å². The van der Waals surface area contributed by atoms with E-state index in [0.717, 1.165) is 18.9 Å². The molecule has 0 spiro atoms. The van der Waals surface area contributed by atoms with Gasteiger partial charge in [0, 0.05) is 17.4 Å². The number of thioether (sulfide) groups is 1. The van der Waals surface area contributed by atoms with E-state index < -0.39 is 0 Å². The largest absolute Gasteiger partial charge is 0.330 e. The molecule has 1 nitrogen and oxygen atoms in total. The van der Waals surface area contributed by atoms with Gasteiger partial charge in [0.15, 0.2) is 0 Å². The molecule has 1 heterocycles. The summed E-state index contributed by atoms with van der Waals surface area (Å²) in [6.07, 6.45) is 1.09. The van der Waals surface area contributed by atoms with Gasteiger partial charge < -0.3 is 5.73 Å². The Morgan fingerprint density at radius 3 is 2.87 bits per heavy atom. The molecule has 0 saturated carbocycles. The highest BCUT2D eigenvalue weighted by atomic mass is 32.2. The van der Waals surface area contributed by atoms with E-state index in [1.54, 1.807) is 0 Å². The van der Waals surface area contributed by atoms with E-state index in [9.17, 15) is 0 Å². The van der Waals surface area contributed by atoms with Crippen molar-refractivity contribution in [2.24, 2.45) is 5.73 Å². The Kier molecular flexibility index (Phi) is 3.71. The molecule has 15 heavy (non-hydrogen) atoms. The first-order valence-electron chi connectivity index (χ1n) is 5.69. The van der Waals surface area contributed by atoms with E-state index in [1.165, 1.54) is 22.6 Å². The zero-order valence-corrected chi connectivity index (χ0v) is 10.1. The molecular formula is C13H19NS. The van der Waals surface area contributed by atoms with Gasteiger partial charge in [0.25, 0.3) is 0 Å². The summed E-state index contributed by atoms with van der Waals surface area (Å²) in [5.74, 6) is 4.01. The minimum Gasteiger partial charge on any atom is -0.330 e. The maximum absolute atomic E-state index is 5.60. The lowest BCUT2D eigenvalue weighted by Gasteiger charge is -2.26. The van der Waals surface area contributed by atoms with Crippen molar-refractivity contribution in [3.63, 3.8) is 0 Å². The maximum atomic E-state index is 5.60. The fourth-order valence-electron chi connectivity index (χ4n) is 1.96. The third-order valence-electron chi connectivity index (χ3n) is 3.19. The molecule has 0 amide bonds. The monoisotopic (exact) mass is 221 g/mol. The normalized spacial score (nSPS) is 18.5. The molecule has 1 aromatic rings. The molecule has 1 aromatic carbocycles. The second-order valence-electron chi connectivity index (χ2n) is 4.38. The molecule has 2 rings (SSSR count). The summed E-state index contributed by atoms with van der Waals surface area (Å²) in [4.78, 5) is 0. The standard InChI is InChI=1S/C13H19NS/c1-10(5-6-14)11-3-2-4-12(7-11)13-8-15-9-13/h2-4,7,10,13H,5-6,8-9,14H2,1H3. The second kappa shape index (κ2) is 5.04. The Bertz CT molecular complexity index is 320. The van der Waals surface area contributed by atoms with Gasteiger partial charge in [0.05, 0.1) is 0 Å². The highest BCUT2D eigenvalue weighted by molar-refractivity contribution is 8.00. The zero-order chi connectivity index (χ0) is 10.7. The summed E-state index contributed by atoms with van der Waals surface area (Å²) in [5.41, 5.74) is 8.58. The summed E-state index contributed by atoms with van der Waals surface area (Å²) < 4.78 is 0. The van der Waals surface area contributed by atoms with Gasteiger partial charge in [0.1, 0.15) is 0 Å². The van der Waals surface area contributed by atoms with Crippen LogP contribution >= 0.6 is 11.8 Å². The summed E-state index contributed by atoms with van der Waals surface area (Å²) in [7, 11) is 0. The molecule has 0 aliphatic carbocycles. The summed E-state index contributed by atoms with van der Waals surface area (Å²) in [5, 5.41) is 0. The van der Waals surface area contributed by atoms with Crippen molar-refractivity contribution < 1.29 is 0 Å². The van der Waals surface area contributed by atoms with E-state index >= 15 is 0 Å². The average Bonchev–Trinajstić information content (AvgIpc) is 2.16. The predicted molar refractivity (Wildman–Crippen MR) is 68.6 cm³/mol. The van der Waals surface area contributed by atoms with Crippen molar-refractivity contribution in [2.75, 3.05) is 18.1 Å². The average molecular weight is 221 g/mol. The fourth-order valence-corrected chi connectivity index (χ4v) is 2.82. The van der Waals surface area contributed by atoms with Crippen LogP contribution in [-0.4, -0.2) is 18.1 Å². The third kappa shape index (κ3) is 2.56. The van der Waals surface area contributed by atoms with Gasteiger partial charge in [-0.1, -0.05) is 31.2 Å². The van der Waals surface area contributed by atoms with E-state index in [-0.39, 0.29) is 0 Å². The highest BCUT2D eigenvalue weighted by Crippen LogP contribution is 2.35. The van der Waals surface area contributed by atoms with Crippen molar-refractivity contribution in [1.82, 2.24) is 0 Å². The van der Waals surface area contributed by atoms with Crippen molar-refractivity contribution in [2.45, 2.75) is 25.2 Å². The molecule has 0 aromatic heterocycles. The lowest BCUT2D eigenvalue weighted by molar-refractivity contribution is 0.687. The Labute approximate surface area is 96.4 Å². The number of nitrogens with two attached hydrogens (primary N) is 1. The Morgan fingerprint density at radius 2 is 2.27 bits per heavy atom. The van der Waals surface area contributed by atoms with Crippen LogP contribution in [0.1, 0.15) is 36.3 Å². The van der Waals surface area contributed by atoms with E-state index in [0.29, 0.717) is 5.92 Å². The highest BCUT2D eigenvalue weighted by Gasteiger charge is 2.20. The molecule has 1 aliphatic rings. The summed E-state index contributed by atoms with van der Waals surface area (Å²) in [6, 6.07) is 9.07. The SMILES string of the molecule is CC(CCN)c1cccc(C2CSC2)c1. The molecule has 1 unspecified atom stereocenters. The van der Waals surface area contributed by atoms with Gasteiger partial charge in [-0.25, -0.2) is 0 Å². The smallest absolute Gasteiger partial charge is 0.00199 e. The van der Waals surface area contributed by atoms with E-state index in [1.807, 2.05) is 11.8 Å². The topological polar surface area (TPSA) is 26.0 Å². The minimum atomic E-state index is 0.600. The Hall–Kier alpha value is -0.470. The van der Waals surface area contributed by atoms with Gasteiger partial charge in [-0.05, 0) is 30.0 Å². The maximum Gasteiger partial charge on any atom is 0.00199 e. The summed E-state index contributed by atoms with van der Waals surface area (Å²) >= 11 is 2.04. The van der Waals surface area contributed by atoms with Gasteiger partial charge >= 0.3 is 0 Å². The lowest BCUT2D eigenvalue weighted by Crippen LogP contribution is -2.15. The second-order valence-corrected chi connectivity index (χ2v) is 5.46. The minimum absolute atomic E-state index is 0.600. The van der Waals surface area contributed by atoms with Gasteiger partial charge in [-0.15, -0.1) is 0 Å². The van der Waals surface area contributed by atoms with Gasteiger partial charge in [-0.3, -0.25) is 0 Å². The van der Waals surface area contributed by atoms with Crippen LogP contribution in [0.4, 0.5) is 0 Å². The Balaban J connectivity index is 2.10. The lowest BCUT2D eigenvalue weighted by atomic mass is 9.93.